The lowest BCUT2D eigenvalue weighted by atomic mass is 9.65. The monoisotopic (exact) mass is 538 g/mol. The summed E-state index contributed by atoms with van der Waals surface area (Å²) in [6.45, 7) is 6.23. The zero-order valence-corrected chi connectivity index (χ0v) is 23.6. The number of carbonyl (C=O) groups is 2. The summed E-state index contributed by atoms with van der Waals surface area (Å²) >= 11 is 0. The van der Waals surface area contributed by atoms with Gasteiger partial charge in [-0.1, -0.05) is 39.0 Å². The summed E-state index contributed by atoms with van der Waals surface area (Å²) < 4.78 is 1.61. The van der Waals surface area contributed by atoms with Gasteiger partial charge in [0.1, 0.15) is 0 Å². The average Bonchev–Trinajstić information content (AvgIpc) is 3.66. The predicted octanol–water partition coefficient (Wildman–Crippen LogP) is 3.12. The molecule has 0 radical (unpaired) electrons. The number of likely N-dealkylation sites (tertiary alicyclic amines) is 1. The molecule has 1 aromatic rings. The van der Waals surface area contributed by atoms with Gasteiger partial charge in [-0.15, -0.1) is 0 Å². The number of aliphatic hydroxyl groups is 1. The highest BCUT2D eigenvalue weighted by atomic mass is 16.3. The quantitative estimate of drug-likeness (QED) is 0.556. The largest absolute Gasteiger partial charge is 0.387 e. The van der Waals surface area contributed by atoms with Crippen molar-refractivity contribution in [3.05, 3.63) is 33.7 Å². The lowest BCUT2D eigenvalue weighted by Gasteiger charge is -2.53. The Labute approximate surface area is 232 Å². The number of hydrogen-bond donors (Lipinski definition) is 2. The number of nitrogens with one attached hydrogen (secondary N) is 1. The molecule has 2 aliphatic heterocycles. The smallest absolute Gasteiger partial charge is 0.255 e. The maximum atomic E-state index is 13.6. The number of pyridine rings is 1. The van der Waals surface area contributed by atoms with E-state index in [4.69, 9.17) is 0 Å². The van der Waals surface area contributed by atoms with Gasteiger partial charge in [0.2, 0.25) is 5.91 Å². The van der Waals surface area contributed by atoms with Gasteiger partial charge >= 0.3 is 0 Å². The Hall–Kier alpha value is -2.19. The molecule has 39 heavy (non-hydrogen) atoms. The predicted molar refractivity (Wildman–Crippen MR) is 150 cm³/mol. The third kappa shape index (κ3) is 5.19. The summed E-state index contributed by atoms with van der Waals surface area (Å²) in [5.74, 6) is 1.22. The van der Waals surface area contributed by atoms with Crippen LogP contribution in [0.25, 0.3) is 0 Å². The molecule has 214 valence electrons. The molecule has 8 heteroatoms. The molecule has 3 heterocycles. The van der Waals surface area contributed by atoms with E-state index in [0.717, 1.165) is 63.6 Å². The van der Waals surface area contributed by atoms with Crippen LogP contribution in [0, 0.1) is 17.3 Å². The summed E-state index contributed by atoms with van der Waals surface area (Å²) in [5, 5.41) is 15.6. The molecule has 1 aromatic heterocycles. The number of nitrogens with zero attached hydrogens (tertiary/aromatic N) is 3. The van der Waals surface area contributed by atoms with Crippen LogP contribution < -0.4 is 10.9 Å². The fraction of sp³-hybridized carbons (Fsp3) is 0.774. The van der Waals surface area contributed by atoms with E-state index in [1.54, 1.807) is 16.8 Å². The SMILES string of the molecule is CC(CC1CCC1)C(=O)N1CC[C@](O)(Cn2cc(C(=O)N3CCNCC3)c(C3CC3)cc2=O)C2(CCCC2)C1. The molecule has 2 N–H and O–H groups in total. The second-order valence-corrected chi connectivity index (χ2v) is 13.4. The zero-order chi connectivity index (χ0) is 27.2. The molecular formula is C31H46N4O4. The van der Waals surface area contributed by atoms with Gasteiger partial charge in [0, 0.05) is 62.9 Å². The number of aromatic nitrogens is 1. The van der Waals surface area contributed by atoms with Crippen LogP contribution in [0.3, 0.4) is 0 Å². The fourth-order valence-electron chi connectivity index (χ4n) is 7.87. The molecule has 2 saturated heterocycles. The van der Waals surface area contributed by atoms with Crippen LogP contribution in [0.1, 0.15) is 99.4 Å². The fourth-order valence-corrected chi connectivity index (χ4v) is 7.87. The summed E-state index contributed by atoms with van der Waals surface area (Å²) in [6.07, 6.45) is 12.8. The first-order valence-corrected chi connectivity index (χ1v) is 15.5. The summed E-state index contributed by atoms with van der Waals surface area (Å²) in [7, 11) is 0. The first-order chi connectivity index (χ1) is 18.8. The molecule has 3 aliphatic carbocycles. The Bertz CT molecular complexity index is 1140. The number of rotatable bonds is 7. The molecule has 8 nitrogen and oxygen atoms in total. The van der Waals surface area contributed by atoms with E-state index in [1.807, 2.05) is 9.80 Å². The maximum Gasteiger partial charge on any atom is 0.255 e. The Morgan fingerprint density at radius 1 is 1.03 bits per heavy atom. The Morgan fingerprint density at radius 2 is 1.74 bits per heavy atom. The molecule has 2 atom stereocenters. The van der Waals surface area contributed by atoms with E-state index in [1.165, 1.54) is 19.3 Å². The van der Waals surface area contributed by atoms with Crippen LogP contribution in [-0.4, -0.2) is 76.2 Å². The topological polar surface area (TPSA) is 94.9 Å². The molecule has 1 spiro atoms. The summed E-state index contributed by atoms with van der Waals surface area (Å²) in [4.78, 5) is 44.3. The number of carbonyl (C=O) groups excluding carboxylic acids is 2. The van der Waals surface area contributed by atoms with Gasteiger partial charge in [0.05, 0.1) is 17.7 Å². The first kappa shape index (κ1) is 27.0. The molecule has 5 aliphatic rings. The van der Waals surface area contributed by atoms with Crippen molar-refractivity contribution < 1.29 is 14.7 Å². The molecular weight excluding hydrogens is 492 g/mol. The van der Waals surface area contributed by atoms with E-state index >= 15 is 0 Å². The molecule has 1 unspecified atom stereocenters. The van der Waals surface area contributed by atoms with Gasteiger partial charge in [0.25, 0.3) is 11.5 Å². The molecule has 6 rings (SSSR count). The van der Waals surface area contributed by atoms with Gasteiger partial charge in [-0.05, 0) is 55.9 Å². The van der Waals surface area contributed by atoms with E-state index in [2.05, 4.69) is 12.2 Å². The second-order valence-electron chi connectivity index (χ2n) is 13.4. The highest BCUT2D eigenvalue weighted by Crippen LogP contribution is 2.52. The Balaban J connectivity index is 1.25. The van der Waals surface area contributed by atoms with Crippen molar-refractivity contribution in [1.29, 1.82) is 0 Å². The van der Waals surface area contributed by atoms with Gasteiger partial charge < -0.3 is 24.8 Å². The minimum atomic E-state index is -1.09. The van der Waals surface area contributed by atoms with E-state index in [-0.39, 0.29) is 35.8 Å². The van der Waals surface area contributed by atoms with Crippen molar-refractivity contribution in [1.82, 2.24) is 19.7 Å². The van der Waals surface area contributed by atoms with Gasteiger partial charge in [-0.3, -0.25) is 14.4 Å². The van der Waals surface area contributed by atoms with Crippen molar-refractivity contribution in [3.63, 3.8) is 0 Å². The van der Waals surface area contributed by atoms with Crippen molar-refractivity contribution in [2.45, 2.75) is 95.6 Å². The van der Waals surface area contributed by atoms with Crippen molar-refractivity contribution in [2.24, 2.45) is 17.3 Å². The highest BCUT2D eigenvalue weighted by Gasteiger charge is 2.56. The lowest BCUT2D eigenvalue weighted by molar-refractivity contribution is -0.163. The van der Waals surface area contributed by atoms with Crippen molar-refractivity contribution >= 4 is 11.8 Å². The van der Waals surface area contributed by atoms with E-state index in [9.17, 15) is 19.5 Å². The number of hydrogen-bond acceptors (Lipinski definition) is 5. The zero-order valence-electron chi connectivity index (χ0n) is 23.6. The summed E-state index contributed by atoms with van der Waals surface area (Å²) in [5.41, 5.74) is -0.127. The second kappa shape index (κ2) is 10.7. The first-order valence-electron chi connectivity index (χ1n) is 15.5. The van der Waals surface area contributed by atoms with E-state index < -0.39 is 11.0 Å². The van der Waals surface area contributed by atoms with E-state index in [0.29, 0.717) is 44.1 Å². The van der Waals surface area contributed by atoms with Gasteiger partial charge in [-0.2, -0.15) is 0 Å². The number of piperazine rings is 1. The normalized spacial score (nSPS) is 27.9. The third-order valence-electron chi connectivity index (χ3n) is 10.7. The maximum absolute atomic E-state index is 13.6. The lowest BCUT2D eigenvalue weighted by Crippen LogP contribution is -2.62. The average molecular weight is 539 g/mol. The minimum absolute atomic E-state index is 0.00409. The van der Waals surface area contributed by atoms with Crippen LogP contribution >= 0.6 is 0 Å². The molecule has 0 aromatic carbocycles. The van der Waals surface area contributed by atoms with Crippen LogP contribution in [0.15, 0.2) is 17.1 Å². The summed E-state index contributed by atoms with van der Waals surface area (Å²) in [6, 6.07) is 1.67. The van der Waals surface area contributed by atoms with Crippen LogP contribution in [0.2, 0.25) is 0 Å². The Morgan fingerprint density at radius 3 is 2.38 bits per heavy atom. The Kier molecular flexibility index (Phi) is 7.38. The number of piperidine rings is 1. The van der Waals surface area contributed by atoms with Crippen LogP contribution in [-0.2, 0) is 11.3 Å². The molecule has 0 bridgehead atoms. The van der Waals surface area contributed by atoms with Gasteiger partial charge in [-0.25, -0.2) is 0 Å². The molecule has 5 fully saturated rings. The van der Waals surface area contributed by atoms with Crippen molar-refractivity contribution in [2.75, 3.05) is 39.3 Å². The third-order valence-corrected chi connectivity index (χ3v) is 10.7. The van der Waals surface area contributed by atoms with Crippen LogP contribution in [0.4, 0.5) is 0 Å². The van der Waals surface area contributed by atoms with Crippen LogP contribution in [0.5, 0.6) is 0 Å². The van der Waals surface area contributed by atoms with Crippen molar-refractivity contribution in [3.8, 4) is 0 Å². The molecule has 2 amide bonds. The standard InChI is InChI=1S/C31H46N4O4/c1-22(17-23-5-4-6-23)28(37)34-14-11-31(39,30(20-34)9-2-3-10-30)21-35-19-26(25(18-27(35)36)24-7-8-24)29(38)33-15-12-32-13-16-33/h18-19,22-24,32,39H,2-17,20-21H2,1H3/t22?,31-/m0/s1. The number of amides is 2. The highest BCUT2D eigenvalue weighted by molar-refractivity contribution is 5.95. The minimum Gasteiger partial charge on any atom is -0.387 e. The van der Waals surface area contributed by atoms with Gasteiger partial charge in [0.15, 0.2) is 0 Å². The molecule has 3 saturated carbocycles.